The molecule has 9 heteroatoms. The van der Waals surface area contributed by atoms with Crippen molar-refractivity contribution in [3.05, 3.63) is 79.0 Å². The average molecular weight is 421 g/mol. The van der Waals surface area contributed by atoms with Gasteiger partial charge in [-0.15, -0.1) is 0 Å². The van der Waals surface area contributed by atoms with E-state index in [2.05, 4.69) is 19.8 Å². The number of benzene rings is 2. The van der Waals surface area contributed by atoms with Gasteiger partial charge in [0.2, 0.25) is 11.8 Å². The predicted octanol–water partition coefficient (Wildman–Crippen LogP) is 3.95. The number of sulfonamides is 1. The van der Waals surface area contributed by atoms with Crippen LogP contribution in [0.2, 0.25) is 0 Å². The summed E-state index contributed by atoms with van der Waals surface area (Å²) in [7, 11) is -3.86. The van der Waals surface area contributed by atoms with E-state index in [0.29, 0.717) is 18.0 Å². The number of nitrogens with zero attached hydrogens (tertiary/aromatic N) is 4. The highest BCUT2D eigenvalue weighted by Gasteiger charge is 2.18. The van der Waals surface area contributed by atoms with Gasteiger partial charge < -0.3 is 4.74 Å². The SMILES string of the molecule is CCn1nccc1-c1cc(Oc2ccccc2)nc(NS(=O)(=O)c2ccccc2)n1. The zero-order valence-corrected chi connectivity index (χ0v) is 17.0. The number of aromatic nitrogens is 4. The van der Waals surface area contributed by atoms with E-state index in [1.807, 2.05) is 25.1 Å². The Bertz CT molecular complexity index is 1240. The average Bonchev–Trinajstić information content (AvgIpc) is 3.24. The van der Waals surface area contributed by atoms with Crippen molar-refractivity contribution >= 4 is 16.0 Å². The molecule has 2 aromatic carbocycles. The van der Waals surface area contributed by atoms with Gasteiger partial charge in [-0.2, -0.15) is 10.1 Å². The zero-order chi connectivity index (χ0) is 21.0. The van der Waals surface area contributed by atoms with Crippen LogP contribution in [0.3, 0.4) is 0 Å². The molecule has 0 radical (unpaired) electrons. The van der Waals surface area contributed by atoms with Crippen molar-refractivity contribution in [2.75, 3.05) is 4.72 Å². The lowest BCUT2D eigenvalue weighted by atomic mass is 10.3. The molecule has 0 spiro atoms. The third-order valence-electron chi connectivity index (χ3n) is 4.23. The van der Waals surface area contributed by atoms with E-state index < -0.39 is 10.0 Å². The number of aryl methyl sites for hydroxylation is 1. The lowest BCUT2D eigenvalue weighted by Crippen LogP contribution is -2.15. The number of hydrogen-bond donors (Lipinski definition) is 1. The van der Waals surface area contributed by atoms with Crippen LogP contribution < -0.4 is 9.46 Å². The molecule has 0 amide bonds. The standard InChI is InChI=1S/C21H19N5O3S/c1-2-26-19(13-14-22-26)18-15-20(29-16-9-5-3-6-10-16)24-21(23-18)25-30(27,28)17-11-7-4-8-12-17/h3-15H,2H2,1H3,(H,23,24,25). The monoisotopic (exact) mass is 421 g/mol. The van der Waals surface area contributed by atoms with Gasteiger partial charge in [0.15, 0.2) is 0 Å². The smallest absolute Gasteiger partial charge is 0.264 e. The van der Waals surface area contributed by atoms with E-state index in [1.165, 1.54) is 12.1 Å². The summed E-state index contributed by atoms with van der Waals surface area (Å²) in [6.07, 6.45) is 1.66. The number of nitrogens with one attached hydrogen (secondary N) is 1. The Morgan fingerprint density at radius 2 is 1.67 bits per heavy atom. The van der Waals surface area contributed by atoms with Crippen molar-refractivity contribution < 1.29 is 13.2 Å². The number of rotatable bonds is 7. The van der Waals surface area contributed by atoms with Gasteiger partial charge in [-0.25, -0.2) is 18.1 Å². The van der Waals surface area contributed by atoms with Crippen LogP contribution in [0.1, 0.15) is 6.92 Å². The summed E-state index contributed by atoms with van der Waals surface area (Å²) in [5.74, 6) is 0.690. The molecule has 30 heavy (non-hydrogen) atoms. The molecule has 2 aromatic heterocycles. The van der Waals surface area contributed by atoms with Gasteiger partial charge in [0.05, 0.1) is 16.3 Å². The molecular formula is C21H19N5O3S. The first kappa shape index (κ1) is 19.6. The van der Waals surface area contributed by atoms with Crippen LogP contribution in [0.15, 0.2) is 83.9 Å². The van der Waals surface area contributed by atoms with Gasteiger partial charge in [0.25, 0.3) is 10.0 Å². The summed E-state index contributed by atoms with van der Waals surface area (Å²) in [5, 5.41) is 4.25. The summed E-state index contributed by atoms with van der Waals surface area (Å²) in [4.78, 5) is 8.76. The fraction of sp³-hybridized carbons (Fsp3) is 0.0952. The first-order valence-corrected chi connectivity index (χ1v) is 10.8. The van der Waals surface area contributed by atoms with Gasteiger partial charge in [-0.1, -0.05) is 36.4 Å². The first-order chi connectivity index (χ1) is 14.5. The quantitative estimate of drug-likeness (QED) is 0.485. The van der Waals surface area contributed by atoms with Crippen molar-refractivity contribution in [3.63, 3.8) is 0 Å². The van der Waals surface area contributed by atoms with E-state index in [4.69, 9.17) is 4.74 Å². The maximum atomic E-state index is 12.7. The second kappa shape index (κ2) is 8.34. The molecule has 0 aliphatic rings. The minimum atomic E-state index is -3.86. The molecule has 2 heterocycles. The van der Waals surface area contributed by atoms with Crippen LogP contribution in [-0.2, 0) is 16.6 Å². The van der Waals surface area contributed by atoms with Crippen LogP contribution in [0.4, 0.5) is 5.95 Å². The lowest BCUT2D eigenvalue weighted by Gasteiger charge is -2.12. The fourth-order valence-corrected chi connectivity index (χ4v) is 3.81. The van der Waals surface area contributed by atoms with Gasteiger partial charge in [0.1, 0.15) is 5.75 Å². The summed E-state index contributed by atoms with van der Waals surface area (Å²) in [5.41, 5.74) is 1.21. The Morgan fingerprint density at radius 1 is 0.967 bits per heavy atom. The normalized spacial score (nSPS) is 11.2. The van der Waals surface area contributed by atoms with Gasteiger partial charge in [0, 0.05) is 18.8 Å². The Labute approximate surface area is 174 Å². The summed E-state index contributed by atoms with van der Waals surface area (Å²) >= 11 is 0. The molecular weight excluding hydrogens is 402 g/mol. The number of ether oxygens (including phenoxy) is 1. The third kappa shape index (κ3) is 4.31. The minimum Gasteiger partial charge on any atom is -0.439 e. The van der Waals surface area contributed by atoms with Crippen LogP contribution >= 0.6 is 0 Å². The van der Waals surface area contributed by atoms with Crippen molar-refractivity contribution in [1.29, 1.82) is 0 Å². The lowest BCUT2D eigenvalue weighted by molar-refractivity contribution is 0.463. The number of hydrogen-bond acceptors (Lipinski definition) is 6. The topological polar surface area (TPSA) is 99.0 Å². The molecule has 0 unspecified atom stereocenters. The Morgan fingerprint density at radius 3 is 2.37 bits per heavy atom. The fourth-order valence-electron chi connectivity index (χ4n) is 2.84. The second-order valence-electron chi connectivity index (χ2n) is 6.28. The van der Waals surface area contributed by atoms with Crippen molar-refractivity contribution in [2.45, 2.75) is 18.4 Å². The first-order valence-electron chi connectivity index (χ1n) is 9.27. The molecule has 152 valence electrons. The third-order valence-corrected chi connectivity index (χ3v) is 5.57. The Kier molecular flexibility index (Phi) is 5.44. The molecule has 0 fully saturated rings. The Balaban J connectivity index is 1.75. The van der Waals surface area contributed by atoms with Crippen LogP contribution in [0.5, 0.6) is 11.6 Å². The minimum absolute atomic E-state index is 0.0915. The van der Waals surface area contributed by atoms with Gasteiger partial charge >= 0.3 is 0 Å². The van der Waals surface area contributed by atoms with Gasteiger partial charge in [-0.3, -0.25) is 4.68 Å². The van der Waals surface area contributed by atoms with E-state index in [9.17, 15) is 8.42 Å². The van der Waals surface area contributed by atoms with Gasteiger partial charge in [-0.05, 0) is 37.3 Å². The molecule has 0 bridgehead atoms. The number of anilines is 1. The molecule has 0 saturated heterocycles. The highest BCUT2D eigenvalue weighted by molar-refractivity contribution is 7.92. The summed E-state index contributed by atoms with van der Waals surface area (Å²) in [6, 6.07) is 20.6. The molecule has 1 N–H and O–H groups in total. The number of para-hydroxylation sites is 1. The molecule has 4 aromatic rings. The van der Waals surface area contributed by atoms with E-state index >= 15 is 0 Å². The largest absolute Gasteiger partial charge is 0.439 e. The summed E-state index contributed by atoms with van der Waals surface area (Å²) in [6.45, 7) is 2.59. The van der Waals surface area contributed by atoms with Crippen molar-refractivity contribution in [1.82, 2.24) is 19.7 Å². The molecule has 0 atom stereocenters. The highest BCUT2D eigenvalue weighted by atomic mass is 32.2. The molecule has 0 saturated carbocycles. The maximum absolute atomic E-state index is 12.7. The molecule has 0 aliphatic carbocycles. The highest BCUT2D eigenvalue weighted by Crippen LogP contribution is 2.27. The second-order valence-corrected chi connectivity index (χ2v) is 7.96. The Hall–Kier alpha value is -3.72. The van der Waals surface area contributed by atoms with E-state index in [1.54, 1.807) is 53.3 Å². The van der Waals surface area contributed by atoms with Crippen LogP contribution in [0.25, 0.3) is 11.4 Å². The summed E-state index contributed by atoms with van der Waals surface area (Å²) < 4.78 is 35.5. The van der Waals surface area contributed by atoms with E-state index in [-0.39, 0.29) is 16.7 Å². The molecule has 0 aliphatic heterocycles. The van der Waals surface area contributed by atoms with Crippen LogP contribution in [-0.4, -0.2) is 28.2 Å². The predicted molar refractivity (Wildman–Crippen MR) is 113 cm³/mol. The zero-order valence-electron chi connectivity index (χ0n) is 16.1. The molecule has 4 rings (SSSR count). The van der Waals surface area contributed by atoms with Crippen LogP contribution in [0, 0.1) is 0 Å². The molecule has 8 nitrogen and oxygen atoms in total. The maximum Gasteiger partial charge on any atom is 0.264 e. The van der Waals surface area contributed by atoms with E-state index in [0.717, 1.165) is 5.69 Å². The van der Waals surface area contributed by atoms with Crippen molar-refractivity contribution in [3.8, 4) is 23.0 Å². The van der Waals surface area contributed by atoms with Crippen molar-refractivity contribution in [2.24, 2.45) is 0 Å².